The molecule has 0 bridgehead atoms. The molecule has 2 aliphatic heterocycles. The number of piperidine rings is 1. The van der Waals surface area contributed by atoms with Crippen molar-refractivity contribution in [2.45, 2.75) is 64.8 Å². The molecule has 0 saturated carbocycles. The average Bonchev–Trinajstić information content (AvgIpc) is 3.62. The first-order valence-corrected chi connectivity index (χ1v) is 14.3. The number of alkyl halides is 3. The van der Waals surface area contributed by atoms with Crippen molar-refractivity contribution >= 4 is 17.3 Å². The van der Waals surface area contributed by atoms with Crippen LogP contribution in [0.5, 0.6) is 5.88 Å². The Morgan fingerprint density at radius 1 is 1.14 bits per heavy atom. The smallest absolute Gasteiger partial charge is 0.421 e. The van der Waals surface area contributed by atoms with Gasteiger partial charge in [0.25, 0.3) is 0 Å². The Morgan fingerprint density at radius 3 is 2.56 bits per heavy atom. The van der Waals surface area contributed by atoms with Crippen molar-refractivity contribution in [1.29, 1.82) is 5.26 Å². The summed E-state index contributed by atoms with van der Waals surface area (Å²) >= 11 is 0. The fraction of sp³-hybridized carbons (Fsp3) is 0.586. The summed E-state index contributed by atoms with van der Waals surface area (Å²) in [7, 11) is 0. The minimum atomic E-state index is -4.75. The Kier molecular flexibility index (Phi) is 8.73. The third-order valence-electron chi connectivity index (χ3n) is 7.50. The van der Waals surface area contributed by atoms with Gasteiger partial charge in [0.05, 0.1) is 19.5 Å². The largest absolute Gasteiger partial charge is 0.477 e. The lowest BCUT2D eigenvalue weighted by Crippen LogP contribution is -2.41. The normalized spacial score (nSPS) is 18.2. The maximum Gasteiger partial charge on any atom is 0.421 e. The van der Waals surface area contributed by atoms with Gasteiger partial charge in [0, 0.05) is 43.9 Å². The zero-order valence-corrected chi connectivity index (χ0v) is 24.4. The average molecular weight is 602 g/mol. The predicted octanol–water partition coefficient (Wildman–Crippen LogP) is 5.23. The van der Waals surface area contributed by atoms with E-state index in [4.69, 9.17) is 14.2 Å². The maximum atomic E-state index is 14.2. The number of fused-ring (bicyclic) bond motifs is 1. The van der Waals surface area contributed by atoms with Gasteiger partial charge in [-0.05, 0) is 58.4 Å². The van der Waals surface area contributed by atoms with Crippen molar-refractivity contribution in [3.8, 4) is 23.2 Å². The van der Waals surface area contributed by atoms with E-state index in [9.17, 15) is 23.2 Å². The molecule has 0 N–H and O–H groups in total. The second-order valence-electron chi connectivity index (χ2n) is 11.9. The molecule has 0 aliphatic carbocycles. The van der Waals surface area contributed by atoms with Crippen LogP contribution in [0.15, 0.2) is 18.6 Å². The number of nitriles is 1. The van der Waals surface area contributed by atoms with E-state index in [-0.39, 0.29) is 47.1 Å². The number of carbonyl (C=O) groups excluding carboxylic acids is 1. The van der Waals surface area contributed by atoms with Crippen LogP contribution in [-0.4, -0.2) is 74.0 Å². The predicted molar refractivity (Wildman–Crippen MR) is 148 cm³/mol. The quantitative estimate of drug-likeness (QED) is 0.357. The molecular weight excluding hydrogens is 567 g/mol. The summed E-state index contributed by atoms with van der Waals surface area (Å²) in [4.78, 5) is 30.8. The summed E-state index contributed by atoms with van der Waals surface area (Å²) in [6.07, 6.45) is 0.479. The van der Waals surface area contributed by atoms with Gasteiger partial charge in [-0.25, -0.2) is 19.7 Å². The molecule has 14 heteroatoms. The number of likely N-dealkylation sites (tertiary alicyclic amines) is 1. The van der Waals surface area contributed by atoms with Gasteiger partial charge < -0.3 is 23.7 Å². The Morgan fingerprint density at radius 2 is 1.91 bits per heavy atom. The highest BCUT2D eigenvalue weighted by molar-refractivity contribution is 5.87. The van der Waals surface area contributed by atoms with E-state index in [1.807, 2.05) is 26.8 Å². The Balaban J connectivity index is 1.30. The fourth-order valence-electron chi connectivity index (χ4n) is 5.29. The number of ether oxygens (including phenoxy) is 3. The molecule has 1 atom stereocenters. The monoisotopic (exact) mass is 601 g/mol. The van der Waals surface area contributed by atoms with Gasteiger partial charge in [-0.3, -0.25) is 0 Å². The molecule has 0 aromatic carbocycles. The highest BCUT2D eigenvalue weighted by Crippen LogP contribution is 2.38. The highest BCUT2D eigenvalue weighted by Gasteiger charge is 2.36. The molecule has 0 spiro atoms. The second kappa shape index (κ2) is 12.3. The Labute approximate surface area is 247 Å². The van der Waals surface area contributed by atoms with Crippen LogP contribution in [-0.2, 0) is 22.2 Å². The van der Waals surface area contributed by atoms with Crippen LogP contribution in [0, 0.1) is 23.2 Å². The molecule has 5 rings (SSSR count). The van der Waals surface area contributed by atoms with Crippen molar-refractivity contribution in [3.05, 3.63) is 30.0 Å². The lowest BCUT2D eigenvalue weighted by molar-refractivity contribution is -0.139. The number of carbonyl (C=O) groups is 1. The zero-order valence-electron chi connectivity index (χ0n) is 24.4. The van der Waals surface area contributed by atoms with Crippen molar-refractivity contribution in [2.24, 2.45) is 11.8 Å². The van der Waals surface area contributed by atoms with E-state index in [0.717, 1.165) is 12.5 Å². The second-order valence-corrected chi connectivity index (χ2v) is 11.9. The molecule has 2 aliphatic rings. The number of hydrogen-bond donors (Lipinski definition) is 0. The third kappa shape index (κ3) is 7.33. The van der Waals surface area contributed by atoms with Crippen LogP contribution in [0.25, 0.3) is 22.4 Å². The van der Waals surface area contributed by atoms with Crippen LogP contribution in [0.2, 0.25) is 0 Å². The summed E-state index contributed by atoms with van der Waals surface area (Å²) in [5, 5.41) is 9.53. The molecule has 2 fully saturated rings. The molecule has 1 unspecified atom stereocenters. The summed E-state index contributed by atoms with van der Waals surface area (Å²) in [5.74, 6) is -0.274. The van der Waals surface area contributed by atoms with Crippen LogP contribution in [0.1, 0.15) is 57.8 Å². The number of hydrogen-bond acceptors (Lipinski definition) is 9. The van der Waals surface area contributed by atoms with E-state index in [1.54, 1.807) is 15.8 Å². The molecule has 3 aromatic rings. The van der Waals surface area contributed by atoms with E-state index in [1.165, 1.54) is 6.20 Å². The van der Waals surface area contributed by atoms with Gasteiger partial charge in [0.15, 0.2) is 5.65 Å². The van der Waals surface area contributed by atoms with E-state index < -0.39 is 23.2 Å². The Bertz CT molecular complexity index is 1500. The molecule has 5 heterocycles. The molecule has 0 radical (unpaired) electrons. The number of imidazole rings is 1. The highest BCUT2D eigenvalue weighted by atomic mass is 19.4. The first-order valence-electron chi connectivity index (χ1n) is 14.3. The zero-order chi connectivity index (χ0) is 30.8. The molecule has 2 saturated heterocycles. The lowest BCUT2D eigenvalue weighted by Gasteiger charge is -2.33. The minimum absolute atomic E-state index is 0.0398. The van der Waals surface area contributed by atoms with E-state index in [0.29, 0.717) is 57.8 Å². The number of halogens is 3. The van der Waals surface area contributed by atoms with Gasteiger partial charge in [-0.15, -0.1) is 0 Å². The lowest BCUT2D eigenvalue weighted by atomic mass is 9.94. The Hall–Kier alpha value is -3.99. The minimum Gasteiger partial charge on any atom is -0.477 e. The van der Waals surface area contributed by atoms with Crippen LogP contribution in [0.3, 0.4) is 0 Å². The number of pyridine rings is 1. The summed E-state index contributed by atoms with van der Waals surface area (Å²) < 4.78 is 60.7. The van der Waals surface area contributed by atoms with Crippen molar-refractivity contribution < 1.29 is 32.2 Å². The third-order valence-corrected chi connectivity index (χ3v) is 7.50. The van der Waals surface area contributed by atoms with Gasteiger partial charge in [-0.1, -0.05) is 0 Å². The topological polar surface area (TPSA) is 128 Å². The summed E-state index contributed by atoms with van der Waals surface area (Å²) in [6.45, 7) is 8.31. The van der Waals surface area contributed by atoms with Crippen LogP contribution < -0.4 is 4.74 Å². The van der Waals surface area contributed by atoms with Gasteiger partial charge in [0.2, 0.25) is 11.7 Å². The standard InChI is InChI=1S/C29H34F3N7O4/c1-28(2,3)43-27(40)38-8-4-18(5-9-38)7-11-42-26-21(29(30,31)32)12-20(14-34-26)23-24-25(37-22(13-33)36-23)39(17-35-24)15-19-6-10-41-16-19/h12,14,17-19H,4-11,15-16H2,1-3H3. The van der Waals surface area contributed by atoms with Crippen molar-refractivity contribution in [3.63, 3.8) is 0 Å². The molecule has 230 valence electrons. The molecule has 11 nitrogen and oxygen atoms in total. The number of aromatic nitrogens is 5. The van der Waals surface area contributed by atoms with E-state index >= 15 is 0 Å². The van der Waals surface area contributed by atoms with Gasteiger partial charge in [-0.2, -0.15) is 23.4 Å². The van der Waals surface area contributed by atoms with Crippen molar-refractivity contribution in [2.75, 3.05) is 32.9 Å². The molecule has 43 heavy (non-hydrogen) atoms. The summed E-state index contributed by atoms with van der Waals surface area (Å²) in [5.41, 5.74) is -0.849. The van der Waals surface area contributed by atoms with Gasteiger partial charge >= 0.3 is 12.3 Å². The molecule has 1 amide bonds. The SMILES string of the molecule is CC(C)(C)OC(=O)N1CCC(CCOc2ncc(-c3nc(C#N)nc4c3ncn4CC3CCOC3)cc2C(F)(F)F)CC1. The first kappa shape index (κ1) is 30.5. The van der Waals surface area contributed by atoms with Crippen LogP contribution in [0.4, 0.5) is 18.0 Å². The van der Waals surface area contributed by atoms with Crippen molar-refractivity contribution in [1.82, 2.24) is 29.4 Å². The molecular formula is C29H34F3N7O4. The van der Waals surface area contributed by atoms with Crippen LogP contribution >= 0.6 is 0 Å². The van der Waals surface area contributed by atoms with Gasteiger partial charge in [0.1, 0.15) is 28.4 Å². The molecule has 3 aromatic heterocycles. The maximum absolute atomic E-state index is 14.2. The first-order chi connectivity index (χ1) is 20.4. The number of rotatable bonds is 7. The number of amides is 1. The van der Waals surface area contributed by atoms with E-state index in [2.05, 4.69) is 19.9 Å². The summed E-state index contributed by atoms with van der Waals surface area (Å²) in [6, 6.07) is 2.81. The fourth-order valence-corrected chi connectivity index (χ4v) is 5.29. The number of nitrogens with zero attached hydrogens (tertiary/aromatic N) is 7.